The highest BCUT2D eigenvalue weighted by atomic mass is 32.1. The summed E-state index contributed by atoms with van der Waals surface area (Å²) in [7, 11) is 0. The molecule has 0 atom stereocenters. The summed E-state index contributed by atoms with van der Waals surface area (Å²) >= 11 is 1.86. The summed E-state index contributed by atoms with van der Waals surface area (Å²) in [6.45, 7) is 0. The van der Waals surface area contributed by atoms with Crippen molar-refractivity contribution in [2.45, 2.75) is 12.8 Å². The normalized spacial score (nSPS) is 12.6. The lowest BCUT2D eigenvalue weighted by Crippen LogP contribution is -2.10. The van der Waals surface area contributed by atoms with Gasteiger partial charge < -0.3 is 13.9 Å². The number of thiophene rings is 1. The Kier molecular flexibility index (Phi) is 7.54. The van der Waals surface area contributed by atoms with Gasteiger partial charge in [-0.05, 0) is 120 Å². The first-order chi connectivity index (χ1) is 28.7. The molecule has 0 unspecified atom stereocenters. The Hall–Kier alpha value is -7.14. The Morgan fingerprint density at radius 1 is 0.500 bits per heavy atom. The molecule has 0 amide bonds. The van der Waals surface area contributed by atoms with Crippen LogP contribution in [-0.2, 0) is 6.42 Å². The molecule has 3 nitrogen and oxygen atoms in total. The van der Waals surface area contributed by atoms with Crippen molar-refractivity contribution in [2.75, 3.05) is 4.90 Å². The standard InChI is InChI=1S/C54H36N2OS/c1-2-16-39(17-3-1)56-48-23-7-4-19-42(48)43-29-28-41(34-50(43)56)55(49-24-12-22-46-44-20-5-8-25-51(44)57-54(46)49)40-18-11-15-37(32-40)35-13-10-14-36(31-35)38-27-30-53-47(33-38)45-21-6-9-26-52(45)58-53/h1-3,5-18,20-34H,4,19H2. The number of furan rings is 1. The first kappa shape index (κ1) is 33.0. The number of para-hydroxylation sites is 3. The number of aryl methyl sites for hydroxylation is 1. The highest BCUT2D eigenvalue weighted by molar-refractivity contribution is 7.25. The van der Waals surface area contributed by atoms with Gasteiger partial charge in [-0.25, -0.2) is 0 Å². The van der Waals surface area contributed by atoms with Crippen LogP contribution >= 0.6 is 11.3 Å². The molecule has 0 bridgehead atoms. The van der Waals surface area contributed by atoms with Gasteiger partial charge in [-0.15, -0.1) is 11.3 Å². The van der Waals surface area contributed by atoms with Crippen molar-refractivity contribution in [3.8, 4) is 27.9 Å². The van der Waals surface area contributed by atoms with Gasteiger partial charge in [0.15, 0.2) is 5.58 Å². The maximum Gasteiger partial charge on any atom is 0.159 e. The van der Waals surface area contributed by atoms with Crippen LogP contribution < -0.4 is 4.90 Å². The summed E-state index contributed by atoms with van der Waals surface area (Å²) < 4.78 is 11.8. The van der Waals surface area contributed by atoms with E-state index in [1.165, 1.54) is 59.0 Å². The average molecular weight is 761 g/mol. The summed E-state index contributed by atoms with van der Waals surface area (Å²) in [4.78, 5) is 2.38. The molecular weight excluding hydrogens is 725 g/mol. The zero-order chi connectivity index (χ0) is 38.2. The molecule has 12 rings (SSSR count). The fraction of sp³-hybridized carbons (Fsp3) is 0.0370. The van der Waals surface area contributed by atoms with Gasteiger partial charge in [0.05, 0.1) is 11.2 Å². The number of aromatic nitrogens is 1. The Balaban J connectivity index is 1.04. The van der Waals surface area contributed by atoms with Crippen LogP contribution in [0.2, 0.25) is 0 Å². The molecule has 8 aromatic carbocycles. The smallest absolute Gasteiger partial charge is 0.159 e. The van der Waals surface area contributed by atoms with E-state index in [9.17, 15) is 0 Å². The lowest BCUT2D eigenvalue weighted by atomic mass is 9.97. The molecule has 0 aliphatic heterocycles. The van der Waals surface area contributed by atoms with Crippen LogP contribution in [0.3, 0.4) is 0 Å². The minimum absolute atomic E-state index is 0.869. The maximum atomic E-state index is 6.73. The predicted molar refractivity (Wildman–Crippen MR) is 246 cm³/mol. The van der Waals surface area contributed by atoms with Crippen LogP contribution in [-0.4, -0.2) is 4.57 Å². The number of allylic oxidation sites excluding steroid dienone is 1. The minimum atomic E-state index is 0.869. The van der Waals surface area contributed by atoms with E-state index in [0.717, 1.165) is 63.1 Å². The number of hydrogen-bond acceptors (Lipinski definition) is 3. The molecule has 0 saturated carbocycles. The van der Waals surface area contributed by atoms with Crippen molar-refractivity contribution in [3.63, 3.8) is 0 Å². The first-order valence-corrected chi connectivity index (χ1v) is 20.8. The van der Waals surface area contributed by atoms with Gasteiger partial charge in [0, 0.05) is 59.1 Å². The second kappa shape index (κ2) is 13.2. The van der Waals surface area contributed by atoms with E-state index in [4.69, 9.17) is 4.42 Å². The van der Waals surface area contributed by atoms with Crippen LogP contribution in [0.4, 0.5) is 17.1 Å². The van der Waals surface area contributed by atoms with E-state index in [0.29, 0.717) is 0 Å². The third kappa shape index (κ3) is 5.26. The summed E-state index contributed by atoms with van der Waals surface area (Å²) in [5, 5.41) is 6.15. The first-order valence-electron chi connectivity index (χ1n) is 20.0. The largest absolute Gasteiger partial charge is 0.454 e. The van der Waals surface area contributed by atoms with Gasteiger partial charge in [-0.3, -0.25) is 0 Å². The Labute approximate surface area is 340 Å². The number of hydrogen-bond donors (Lipinski definition) is 0. The number of anilines is 3. The lowest BCUT2D eigenvalue weighted by molar-refractivity contribution is 0.669. The van der Waals surface area contributed by atoms with E-state index in [1.807, 2.05) is 17.4 Å². The van der Waals surface area contributed by atoms with E-state index in [2.05, 4.69) is 198 Å². The highest BCUT2D eigenvalue weighted by Gasteiger charge is 2.23. The molecule has 0 radical (unpaired) electrons. The quantitative estimate of drug-likeness (QED) is 0.168. The van der Waals surface area contributed by atoms with Crippen molar-refractivity contribution >= 4 is 87.5 Å². The molecule has 1 aliphatic carbocycles. The molecule has 3 aromatic heterocycles. The van der Waals surface area contributed by atoms with Gasteiger partial charge >= 0.3 is 0 Å². The number of nitrogens with zero attached hydrogens (tertiary/aromatic N) is 2. The zero-order valence-electron chi connectivity index (χ0n) is 31.6. The zero-order valence-corrected chi connectivity index (χ0v) is 32.4. The van der Waals surface area contributed by atoms with E-state index >= 15 is 0 Å². The number of benzene rings is 8. The molecule has 0 N–H and O–H groups in total. The Morgan fingerprint density at radius 3 is 2.10 bits per heavy atom. The molecule has 0 spiro atoms. The minimum Gasteiger partial charge on any atom is -0.454 e. The maximum absolute atomic E-state index is 6.73. The topological polar surface area (TPSA) is 21.3 Å². The van der Waals surface area contributed by atoms with Crippen molar-refractivity contribution in [2.24, 2.45) is 0 Å². The van der Waals surface area contributed by atoms with Gasteiger partial charge in [0.1, 0.15) is 5.58 Å². The second-order valence-corrected chi connectivity index (χ2v) is 16.3. The average Bonchev–Trinajstić information content (AvgIpc) is 3.96. The van der Waals surface area contributed by atoms with Crippen molar-refractivity contribution in [3.05, 3.63) is 199 Å². The molecule has 1 aliphatic rings. The van der Waals surface area contributed by atoms with Crippen LogP contribution in [0.5, 0.6) is 0 Å². The monoisotopic (exact) mass is 760 g/mol. The van der Waals surface area contributed by atoms with Crippen LogP contribution in [0.15, 0.2) is 192 Å². The summed E-state index contributed by atoms with van der Waals surface area (Å²) in [6.07, 6.45) is 6.69. The predicted octanol–water partition coefficient (Wildman–Crippen LogP) is 15.7. The fourth-order valence-electron chi connectivity index (χ4n) is 9.16. The molecule has 11 aromatic rings. The van der Waals surface area contributed by atoms with Gasteiger partial charge in [0.2, 0.25) is 0 Å². The van der Waals surface area contributed by atoms with Crippen molar-refractivity contribution in [1.29, 1.82) is 0 Å². The molecule has 4 heteroatoms. The molecule has 58 heavy (non-hydrogen) atoms. The highest BCUT2D eigenvalue weighted by Crippen LogP contribution is 2.45. The molecule has 0 saturated heterocycles. The lowest BCUT2D eigenvalue weighted by Gasteiger charge is -2.26. The molecule has 3 heterocycles. The van der Waals surface area contributed by atoms with Crippen LogP contribution in [0, 0.1) is 0 Å². The molecular formula is C54H36N2OS. The number of rotatable bonds is 6. The molecule has 274 valence electrons. The van der Waals surface area contributed by atoms with Gasteiger partial charge in [-0.2, -0.15) is 0 Å². The molecule has 0 fully saturated rings. The fourth-order valence-corrected chi connectivity index (χ4v) is 10.2. The van der Waals surface area contributed by atoms with E-state index in [1.54, 1.807) is 0 Å². The summed E-state index contributed by atoms with van der Waals surface area (Å²) in [5.41, 5.74) is 14.7. The third-order valence-corrected chi connectivity index (χ3v) is 13.0. The Morgan fingerprint density at radius 2 is 1.21 bits per heavy atom. The van der Waals surface area contributed by atoms with Gasteiger partial charge in [0.25, 0.3) is 0 Å². The summed E-state index contributed by atoms with van der Waals surface area (Å²) in [5.74, 6) is 0. The van der Waals surface area contributed by atoms with Crippen LogP contribution in [0.25, 0.3) is 87.0 Å². The Bertz CT molecular complexity index is 3420. The second-order valence-electron chi connectivity index (χ2n) is 15.2. The van der Waals surface area contributed by atoms with Crippen molar-refractivity contribution in [1.82, 2.24) is 4.57 Å². The SMILES string of the molecule is C1=Cc2c(c3ccc(N(c4cccc(-c5cccc(-c6ccc7sc8ccccc8c7c6)c5)c4)c4cccc5c4oc4ccccc45)cc3n2-c2ccccc2)CC1. The number of fused-ring (bicyclic) bond motifs is 9. The van der Waals surface area contributed by atoms with Crippen LogP contribution in [0.1, 0.15) is 17.7 Å². The van der Waals surface area contributed by atoms with E-state index < -0.39 is 0 Å². The van der Waals surface area contributed by atoms with Crippen molar-refractivity contribution < 1.29 is 4.42 Å². The third-order valence-electron chi connectivity index (χ3n) is 11.8. The van der Waals surface area contributed by atoms with E-state index in [-0.39, 0.29) is 0 Å². The summed E-state index contributed by atoms with van der Waals surface area (Å²) in [6, 6.07) is 66.1. The van der Waals surface area contributed by atoms with Gasteiger partial charge in [-0.1, -0.05) is 115 Å².